The van der Waals surface area contributed by atoms with Crippen LogP contribution in [0.4, 0.5) is 5.69 Å². The molecule has 0 bridgehead atoms. The number of carbonyl (C=O) groups excluding carboxylic acids is 2. The number of hydrogen-bond donors (Lipinski definition) is 2. The van der Waals surface area contributed by atoms with Gasteiger partial charge in [0, 0.05) is 44.5 Å². The summed E-state index contributed by atoms with van der Waals surface area (Å²) < 4.78 is 31.8. The van der Waals surface area contributed by atoms with E-state index in [0.717, 1.165) is 0 Å². The quantitative estimate of drug-likeness (QED) is 0.632. The zero-order chi connectivity index (χ0) is 20.9. The van der Waals surface area contributed by atoms with Gasteiger partial charge in [-0.2, -0.15) is 0 Å². The fraction of sp³-hybridized carbons (Fsp3) is 0.579. The summed E-state index contributed by atoms with van der Waals surface area (Å²) in [5.41, 5.74) is 0.170. The molecule has 0 aromatic heterocycles. The fourth-order valence-electron chi connectivity index (χ4n) is 3.00. The number of nitrogens with one attached hydrogen (secondary N) is 2. The van der Waals surface area contributed by atoms with Crippen molar-refractivity contribution in [2.45, 2.75) is 44.0 Å². The highest BCUT2D eigenvalue weighted by Crippen LogP contribution is 2.26. The Morgan fingerprint density at radius 2 is 1.89 bits per heavy atom. The van der Waals surface area contributed by atoms with Crippen LogP contribution in [-0.4, -0.2) is 57.5 Å². The normalized spacial score (nSPS) is 17.8. The van der Waals surface area contributed by atoms with E-state index in [9.17, 15) is 18.0 Å². The lowest BCUT2D eigenvalue weighted by Crippen LogP contribution is -2.42. The van der Waals surface area contributed by atoms with Crippen molar-refractivity contribution in [3.05, 3.63) is 24.3 Å². The first kappa shape index (κ1) is 22.3. The molecule has 2 amide bonds. The van der Waals surface area contributed by atoms with Gasteiger partial charge in [-0.05, 0) is 51.5 Å². The molecule has 8 nitrogen and oxygen atoms in total. The van der Waals surface area contributed by atoms with Crippen molar-refractivity contribution in [1.82, 2.24) is 9.62 Å². The second-order valence-electron chi connectivity index (χ2n) is 7.83. The molecule has 1 aliphatic rings. The summed E-state index contributed by atoms with van der Waals surface area (Å²) in [5.74, 6) is -0.695. The summed E-state index contributed by atoms with van der Waals surface area (Å²) in [6.45, 7) is 6.96. The Kier molecular flexibility index (Phi) is 7.19. The topological polar surface area (TPSA) is 105 Å². The molecule has 0 aliphatic carbocycles. The second kappa shape index (κ2) is 9.02. The molecule has 1 saturated heterocycles. The molecule has 1 atom stereocenters. The number of likely N-dealkylation sites (tertiary alicyclic amines) is 1. The van der Waals surface area contributed by atoms with E-state index < -0.39 is 15.9 Å². The minimum absolute atomic E-state index is 0.0337. The number of carbonyl (C=O) groups is 2. The van der Waals surface area contributed by atoms with Crippen molar-refractivity contribution < 1.29 is 22.7 Å². The van der Waals surface area contributed by atoms with E-state index in [1.165, 1.54) is 12.1 Å². The van der Waals surface area contributed by atoms with Crippen LogP contribution in [0.1, 0.15) is 33.6 Å². The molecule has 2 rings (SSSR count). The maximum absolute atomic E-state index is 12.5. The van der Waals surface area contributed by atoms with Crippen LogP contribution in [0.3, 0.4) is 0 Å². The molecule has 156 valence electrons. The SMILES string of the molecule is COCCCNS(=O)(=O)c1ccc(NC(=O)[C@@H]2CC(=O)N(C(C)(C)C)C2)cc1. The van der Waals surface area contributed by atoms with Crippen LogP contribution >= 0.6 is 0 Å². The lowest BCUT2D eigenvalue weighted by molar-refractivity contribution is -0.131. The minimum atomic E-state index is -3.60. The number of benzene rings is 1. The van der Waals surface area contributed by atoms with Crippen molar-refractivity contribution >= 4 is 27.5 Å². The fourth-order valence-corrected chi connectivity index (χ4v) is 4.07. The molecule has 28 heavy (non-hydrogen) atoms. The van der Waals surface area contributed by atoms with E-state index in [0.29, 0.717) is 25.3 Å². The van der Waals surface area contributed by atoms with Crippen LogP contribution in [0.5, 0.6) is 0 Å². The molecule has 0 saturated carbocycles. The molecule has 2 N–H and O–H groups in total. The average Bonchev–Trinajstić information content (AvgIpc) is 3.01. The Balaban J connectivity index is 1.95. The first-order valence-corrected chi connectivity index (χ1v) is 10.7. The zero-order valence-corrected chi connectivity index (χ0v) is 17.6. The number of anilines is 1. The molecule has 1 fully saturated rings. The van der Waals surface area contributed by atoms with Crippen LogP contribution < -0.4 is 10.0 Å². The predicted octanol–water partition coefficient (Wildman–Crippen LogP) is 1.59. The van der Waals surface area contributed by atoms with Gasteiger partial charge in [-0.3, -0.25) is 9.59 Å². The van der Waals surface area contributed by atoms with E-state index in [2.05, 4.69) is 10.0 Å². The van der Waals surface area contributed by atoms with E-state index in [1.807, 2.05) is 20.8 Å². The maximum Gasteiger partial charge on any atom is 0.240 e. The standard InChI is InChI=1S/C19H29N3O5S/c1-19(2,3)22-13-14(12-17(22)23)18(24)21-15-6-8-16(9-7-15)28(25,26)20-10-5-11-27-4/h6-9,14,20H,5,10-13H2,1-4H3,(H,21,24)/t14-/m1/s1. The largest absolute Gasteiger partial charge is 0.385 e. The van der Waals surface area contributed by atoms with Gasteiger partial charge in [0.25, 0.3) is 0 Å². The van der Waals surface area contributed by atoms with Crippen LogP contribution in [0, 0.1) is 5.92 Å². The highest BCUT2D eigenvalue weighted by atomic mass is 32.2. The van der Waals surface area contributed by atoms with Gasteiger partial charge in [-0.1, -0.05) is 0 Å². The molecule has 0 spiro atoms. The molecular weight excluding hydrogens is 382 g/mol. The summed E-state index contributed by atoms with van der Waals surface area (Å²) in [4.78, 5) is 26.5. The van der Waals surface area contributed by atoms with Gasteiger partial charge in [0.1, 0.15) is 0 Å². The molecule has 1 heterocycles. The smallest absolute Gasteiger partial charge is 0.240 e. The second-order valence-corrected chi connectivity index (χ2v) is 9.60. The summed E-state index contributed by atoms with van der Waals surface area (Å²) in [7, 11) is -2.04. The lowest BCUT2D eigenvalue weighted by Gasteiger charge is -2.31. The highest BCUT2D eigenvalue weighted by Gasteiger charge is 2.39. The first-order valence-electron chi connectivity index (χ1n) is 9.24. The van der Waals surface area contributed by atoms with Crippen LogP contribution in [0.2, 0.25) is 0 Å². The molecular formula is C19H29N3O5S. The van der Waals surface area contributed by atoms with Crippen molar-refractivity contribution in [2.75, 3.05) is 32.1 Å². The van der Waals surface area contributed by atoms with Crippen molar-refractivity contribution in [3.63, 3.8) is 0 Å². The van der Waals surface area contributed by atoms with Crippen LogP contribution in [0.25, 0.3) is 0 Å². The van der Waals surface area contributed by atoms with Crippen molar-refractivity contribution in [2.24, 2.45) is 5.92 Å². The molecule has 0 radical (unpaired) electrons. The van der Waals surface area contributed by atoms with Gasteiger partial charge in [-0.15, -0.1) is 0 Å². The summed E-state index contributed by atoms with van der Waals surface area (Å²) in [6.07, 6.45) is 0.760. The van der Waals surface area contributed by atoms with Crippen molar-refractivity contribution in [3.8, 4) is 0 Å². The van der Waals surface area contributed by atoms with Crippen LogP contribution in [-0.2, 0) is 24.3 Å². The molecule has 9 heteroatoms. The minimum Gasteiger partial charge on any atom is -0.385 e. The predicted molar refractivity (Wildman–Crippen MR) is 106 cm³/mol. The first-order chi connectivity index (χ1) is 13.0. The van der Waals surface area contributed by atoms with E-state index in [4.69, 9.17) is 4.74 Å². The number of amides is 2. The van der Waals surface area contributed by atoms with E-state index in [1.54, 1.807) is 24.1 Å². The third kappa shape index (κ3) is 5.76. The van der Waals surface area contributed by atoms with E-state index in [-0.39, 0.29) is 35.2 Å². The molecule has 0 unspecified atom stereocenters. The van der Waals surface area contributed by atoms with Crippen LogP contribution in [0.15, 0.2) is 29.2 Å². The monoisotopic (exact) mass is 411 g/mol. The number of rotatable bonds is 8. The van der Waals surface area contributed by atoms with Gasteiger partial charge in [0.2, 0.25) is 21.8 Å². The number of nitrogens with zero attached hydrogens (tertiary/aromatic N) is 1. The third-order valence-electron chi connectivity index (χ3n) is 4.56. The number of methoxy groups -OCH3 is 1. The van der Waals surface area contributed by atoms with Gasteiger partial charge in [-0.25, -0.2) is 13.1 Å². The Bertz CT molecular complexity index is 800. The number of sulfonamides is 1. The van der Waals surface area contributed by atoms with Gasteiger partial charge < -0.3 is 15.0 Å². The molecule has 1 aromatic carbocycles. The summed E-state index contributed by atoms with van der Waals surface area (Å²) >= 11 is 0. The Morgan fingerprint density at radius 3 is 2.43 bits per heavy atom. The molecule has 1 aromatic rings. The van der Waals surface area contributed by atoms with Gasteiger partial charge in [0.05, 0.1) is 10.8 Å². The Hall–Kier alpha value is -1.97. The highest BCUT2D eigenvalue weighted by molar-refractivity contribution is 7.89. The average molecular weight is 412 g/mol. The zero-order valence-electron chi connectivity index (χ0n) is 16.8. The maximum atomic E-state index is 12.5. The van der Waals surface area contributed by atoms with Gasteiger partial charge >= 0.3 is 0 Å². The summed E-state index contributed by atoms with van der Waals surface area (Å²) in [6, 6.07) is 5.96. The Morgan fingerprint density at radius 1 is 1.25 bits per heavy atom. The third-order valence-corrected chi connectivity index (χ3v) is 6.03. The number of hydrogen-bond acceptors (Lipinski definition) is 5. The van der Waals surface area contributed by atoms with E-state index >= 15 is 0 Å². The summed E-state index contributed by atoms with van der Waals surface area (Å²) in [5, 5.41) is 2.77. The van der Waals surface area contributed by atoms with Gasteiger partial charge in [0.15, 0.2) is 0 Å². The Labute approximate surface area is 166 Å². The number of ether oxygens (including phenoxy) is 1. The molecule has 1 aliphatic heterocycles. The lowest BCUT2D eigenvalue weighted by atomic mass is 10.1. The van der Waals surface area contributed by atoms with Crippen molar-refractivity contribution in [1.29, 1.82) is 0 Å².